The summed E-state index contributed by atoms with van der Waals surface area (Å²) in [7, 11) is -3.38. The predicted octanol–water partition coefficient (Wildman–Crippen LogP) is 3.67. The van der Waals surface area contributed by atoms with Gasteiger partial charge < -0.3 is 10.6 Å². The lowest BCUT2D eigenvalue weighted by Crippen LogP contribution is -2.27. The minimum Gasteiger partial charge on any atom is -0.308 e. The fourth-order valence-corrected chi connectivity index (χ4v) is 3.88. The summed E-state index contributed by atoms with van der Waals surface area (Å²) in [5.41, 5.74) is 0.315. The third-order valence-electron chi connectivity index (χ3n) is 4.07. The highest BCUT2D eigenvalue weighted by Crippen LogP contribution is 2.35. The number of fused-ring (bicyclic) bond motifs is 1. The maximum Gasteiger partial charge on any atom is 0.418 e. The lowest BCUT2D eigenvalue weighted by atomic mass is 10.1. The number of nitrogens with zero attached hydrogens (tertiary/aromatic N) is 1. The van der Waals surface area contributed by atoms with Crippen LogP contribution in [0.1, 0.15) is 11.1 Å². The summed E-state index contributed by atoms with van der Waals surface area (Å²) in [5, 5.41) is 4.66. The number of hydrogen-bond donors (Lipinski definition) is 2. The van der Waals surface area contributed by atoms with Gasteiger partial charge in [0.25, 0.3) is 0 Å². The highest BCUT2D eigenvalue weighted by atomic mass is 32.2. The number of hydrogen-bond acceptors (Lipinski definition) is 3. The number of anilines is 3. The molecule has 1 aliphatic rings. The van der Waals surface area contributed by atoms with Crippen molar-refractivity contribution >= 4 is 33.1 Å². The van der Waals surface area contributed by atoms with Gasteiger partial charge >= 0.3 is 12.2 Å². The molecule has 27 heavy (non-hydrogen) atoms. The van der Waals surface area contributed by atoms with Crippen LogP contribution >= 0.6 is 0 Å². The minimum absolute atomic E-state index is 0.308. The first-order valence-electron chi connectivity index (χ1n) is 7.90. The molecular formula is C17H16F3N3O3S. The fourth-order valence-electron chi connectivity index (χ4n) is 2.92. The zero-order valence-electron chi connectivity index (χ0n) is 14.2. The van der Waals surface area contributed by atoms with Crippen molar-refractivity contribution in [1.29, 1.82) is 0 Å². The van der Waals surface area contributed by atoms with Crippen LogP contribution in [0.3, 0.4) is 0 Å². The maximum atomic E-state index is 13.0. The molecule has 0 saturated carbocycles. The summed E-state index contributed by atoms with van der Waals surface area (Å²) in [4.78, 5) is 12.1. The highest BCUT2D eigenvalue weighted by Gasteiger charge is 2.33. The Balaban J connectivity index is 1.75. The molecule has 0 unspecified atom stereocenters. The number of halogens is 3. The van der Waals surface area contributed by atoms with Crippen LogP contribution in [0.25, 0.3) is 0 Å². The molecule has 1 aliphatic heterocycles. The second kappa shape index (κ2) is 6.76. The molecule has 144 valence electrons. The number of carbonyl (C=O) groups excluding carboxylic acids is 1. The van der Waals surface area contributed by atoms with E-state index in [-0.39, 0.29) is 5.69 Å². The van der Waals surface area contributed by atoms with E-state index < -0.39 is 27.8 Å². The molecule has 3 rings (SSSR count). The number of urea groups is 1. The van der Waals surface area contributed by atoms with Gasteiger partial charge in [0.2, 0.25) is 10.0 Å². The van der Waals surface area contributed by atoms with Gasteiger partial charge in [-0.25, -0.2) is 13.2 Å². The number of alkyl halides is 3. The highest BCUT2D eigenvalue weighted by molar-refractivity contribution is 7.92. The molecule has 0 atom stereocenters. The molecule has 0 saturated heterocycles. The van der Waals surface area contributed by atoms with Crippen LogP contribution in [-0.2, 0) is 22.6 Å². The van der Waals surface area contributed by atoms with E-state index in [0.717, 1.165) is 24.0 Å². The first kappa shape index (κ1) is 19.0. The standard InChI is InChI=1S/C17H16F3N3O3S/c1-27(25,26)23-9-8-11-10-12(6-7-15(11)23)21-16(24)22-14-5-3-2-4-13(14)17(18,19)20/h2-7,10H,8-9H2,1H3,(H2,21,22,24). The van der Waals surface area contributed by atoms with E-state index in [0.29, 0.717) is 24.3 Å². The number of benzene rings is 2. The van der Waals surface area contributed by atoms with Crippen LogP contribution in [0, 0.1) is 0 Å². The van der Waals surface area contributed by atoms with Crippen LogP contribution in [-0.4, -0.2) is 27.2 Å². The smallest absolute Gasteiger partial charge is 0.308 e. The van der Waals surface area contributed by atoms with Crippen molar-refractivity contribution in [2.45, 2.75) is 12.6 Å². The third kappa shape index (κ3) is 4.16. The quantitative estimate of drug-likeness (QED) is 0.827. The van der Waals surface area contributed by atoms with Gasteiger partial charge in [0, 0.05) is 12.2 Å². The van der Waals surface area contributed by atoms with E-state index in [1.165, 1.54) is 22.5 Å². The number of carbonyl (C=O) groups is 1. The van der Waals surface area contributed by atoms with Gasteiger partial charge in [0.15, 0.2) is 0 Å². The first-order chi connectivity index (χ1) is 12.6. The average Bonchev–Trinajstić information content (AvgIpc) is 2.97. The lowest BCUT2D eigenvalue weighted by molar-refractivity contribution is -0.136. The zero-order valence-corrected chi connectivity index (χ0v) is 15.0. The van der Waals surface area contributed by atoms with Crippen molar-refractivity contribution in [3.8, 4) is 0 Å². The topological polar surface area (TPSA) is 78.5 Å². The van der Waals surface area contributed by atoms with Crippen molar-refractivity contribution in [3.63, 3.8) is 0 Å². The Bertz CT molecular complexity index is 990. The predicted molar refractivity (Wildman–Crippen MR) is 96.4 cm³/mol. The number of rotatable bonds is 3. The van der Waals surface area contributed by atoms with E-state index in [1.807, 2.05) is 0 Å². The molecule has 2 aromatic rings. The Morgan fingerprint density at radius 3 is 2.48 bits per heavy atom. The van der Waals surface area contributed by atoms with E-state index in [4.69, 9.17) is 0 Å². The Hall–Kier alpha value is -2.75. The molecule has 6 nitrogen and oxygen atoms in total. The van der Waals surface area contributed by atoms with Crippen molar-refractivity contribution in [2.75, 3.05) is 27.7 Å². The average molecular weight is 399 g/mol. The largest absolute Gasteiger partial charge is 0.418 e. The molecule has 10 heteroatoms. The van der Waals surface area contributed by atoms with Gasteiger partial charge in [0.05, 0.1) is 23.2 Å². The van der Waals surface area contributed by atoms with Crippen molar-refractivity contribution in [2.24, 2.45) is 0 Å². The Kier molecular flexibility index (Phi) is 4.77. The SMILES string of the molecule is CS(=O)(=O)N1CCc2cc(NC(=O)Nc3ccccc3C(F)(F)F)ccc21. The molecular weight excluding hydrogens is 383 g/mol. The number of amides is 2. The van der Waals surface area contributed by atoms with Gasteiger partial charge in [-0.2, -0.15) is 13.2 Å². The van der Waals surface area contributed by atoms with Crippen molar-refractivity contribution in [1.82, 2.24) is 0 Å². The van der Waals surface area contributed by atoms with E-state index in [1.54, 1.807) is 12.1 Å². The summed E-state index contributed by atoms with van der Waals surface area (Å²) in [5.74, 6) is 0. The number of para-hydroxylation sites is 1. The molecule has 2 amide bonds. The van der Waals surface area contributed by atoms with Gasteiger partial charge in [-0.15, -0.1) is 0 Å². The maximum absolute atomic E-state index is 13.0. The van der Waals surface area contributed by atoms with Crippen LogP contribution in [0.4, 0.5) is 35.0 Å². The second-order valence-electron chi connectivity index (χ2n) is 6.05. The van der Waals surface area contributed by atoms with Crippen LogP contribution < -0.4 is 14.9 Å². The normalized spacial score (nSPS) is 14.0. The monoisotopic (exact) mass is 399 g/mol. The summed E-state index contributed by atoms with van der Waals surface area (Å²) in [6.07, 6.45) is -3.00. The van der Waals surface area contributed by atoms with Crippen LogP contribution in [0.5, 0.6) is 0 Å². The molecule has 0 fully saturated rings. The van der Waals surface area contributed by atoms with E-state index >= 15 is 0 Å². The summed E-state index contributed by atoms with van der Waals surface area (Å²) in [6, 6.07) is 8.50. The Morgan fingerprint density at radius 2 is 1.81 bits per heavy atom. The van der Waals surface area contributed by atoms with Crippen molar-refractivity contribution < 1.29 is 26.4 Å². The Morgan fingerprint density at radius 1 is 1.11 bits per heavy atom. The van der Waals surface area contributed by atoms with Crippen LogP contribution in [0.2, 0.25) is 0 Å². The first-order valence-corrected chi connectivity index (χ1v) is 9.75. The molecule has 1 heterocycles. The fraction of sp³-hybridized carbons (Fsp3) is 0.235. The number of nitrogens with one attached hydrogen (secondary N) is 2. The Labute approximate surface area is 154 Å². The third-order valence-corrected chi connectivity index (χ3v) is 5.25. The molecule has 0 spiro atoms. The summed E-state index contributed by atoms with van der Waals surface area (Å²) >= 11 is 0. The molecule has 0 bridgehead atoms. The molecule has 0 aliphatic carbocycles. The molecule has 0 radical (unpaired) electrons. The van der Waals surface area contributed by atoms with E-state index in [2.05, 4.69) is 10.6 Å². The van der Waals surface area contributed by atoms with Gasteiger partial charge in [-0.05, 0) is 42.3 Å². The molecule has 2 aromatic carbocycles. The van der Waals surface area contributed by atoms with E-state index in [9.17, 15) is 26.4 Å². The molecule has 2 N–H and O–H groups in total. The summed E-state index contributed by atoms with van der Waals surface area (Å²) < 4.78 is 63.7. The zero-order chi connectivity index (χ0) is 19.8. The van der Waals surface area contributed by atoms with Gasteiger partial charge in [-0.3, -0.25) is 4.31 Å². The number of sulfonamides is 1. The minimum atomic E-state index is -4.59. The second-order valence-corrected chi connectivity index (χ2v) is 7.96. The lowest BCUT2D eigenvalue weighted by Gasteiger charge is -2.17. The van der Waals surface area contributed by atoms with Gasteiger partial charge in [-0.1, -0.05) is 12.1 Å². The molecule has 0 aromatic heterocycles. The summed E-state index contributed by atoms with van der Waals surface area (Å²) in [6.45, 7) is 0.308. The van der Waals surface area contributed by atoms with Gasteiger partial charge in [0.1, 0.15) is 0 Å². The van der Waals surface area contributed by atoms with Crippen molar-refractivity contribution in [3.05, 3.63) is 53.6 Å². The van der Waals surface area contributed by atoms with Crippen LogP contribution in [0.15, 0.2) is 42.5 Å².